The number of carbonyl (C=O) groups excluding carboxylic acids is 1. The zero-order chi connectivity index (χ0) is 14.8. The molecule has 1 amide bonds. The Morgan fingerprint density at radius 2 is 2.05 bits per heavy atom. The van der Waals surface area contributed by atoms with Crippen molar-refractivity contribution in [1.29, 1.82) is 0 Å². The molecule has 1 atom stereocenters. The predicted molar refractivity (Wildman–Crippen MR) is 83.1 cm³/mol. The van der Waals surface area contributed by atoms with Crippen LogP contribution in [-0.2, 0) is 11.8 Å². The number of benzene rings is 1. The minimum absolute atomic E-state index is 0.124. The Bertz CT molecular complexity index is 642. The summed E-state index contributed by atoms with van der Waals surface area (Å²) >= 11 is 1.44. The van der Waals surface area contributed by atoms with Gasteiger partial charge in [0.1, 0.15) is 0 Å². The Morgan fingerprint density at radius 3 is 2.71 bits per heavy atom. The molecule has 3 rings (SSSR count). The number of hydrogen-bond acceptors (Lipinski definition) is 5. The number of piperidine rings is 1. The number of nitrogens with zero attached hydrogens (tertiary/aromatic N) is 4. The van der Waals surface area contributed by atoms with Gasteiger partial charge in [0.05, 0.1) is 5.25 Å². The Kier molecular flexibility index (Phi) is 3.83. The van der Waals surface area contributed by atoms with Crippen molar-refractivity contribution in [1.82, 2.24) is 14.8 Å². The molecule has 1 unspecified atom stereocenters. The monoisotopic (exact) mass is 303 g/mol. The molecule has 0 bridgehead atoms. The lowest BCUT2D eigenvalue weighted by Gasteiger charge is -2.31. The molecule has 1 aromatic carbocycles. The first-order chi connectivity index (χ1) is 10.2. The summed E-state index contributed by atoms with van der Waals surface area (Å²) in [5.74, 6) is 0.486. The highest BCUT2D eigenvalue weighted by Gasteiger charge is 2.31. The molecule has 2 heterocycles. The van der Waals surface area contributed by atoms with Gasteiger partial charge in [0.15, 0.2) is 5.16 Å². The van der Waals surface area contributed by atoms with Crippen molar-refractivity contribution < 1.29 is 4.79 Å². The van der Waals surface area contributed by atoms with Crippen LogP contribution in [0.2, 0.25) is 0 Å². The molecule has 6 nitrogen and oxygen atoms in total. The van der Waals surface area contributed by atoms with Gasteiger partial charge in [0.25, 0.3) is 0 Å². The number of carbonyl (C=O) groups is 1. The van der Waals surface area contributed by atoms with Crippen molar-refractivity contribution in [2.45, 2.75) is 23.2 Å². The van der Waals surface area contributed by atoms with E-state index >= 15 is 0 Å². The van der Waals surface area contributed by atoms with Gasteiger partial charge in [-0.25, -0.2) is 0 Å². The SMILES string of the molecule is Cn1c(N)nnc1SC1CCCN(c2ccccc2)C1=O. The summed E-state index contributed by atoms with van der Waals surface area (Å²) in [6, 6.07) is 9.77. The predicted octanol–water partition coefficient (Wildman–Crippen LogP) is 1.69. The van der Waals surface area contributed by atoms with Gasteiger partial charge in [-0.05, 0) is 25.0 Å². The normalized spacial score (nSPS) is 19.0. The van der Waals surface area contributed by atoms with Crippen LogP contribution in [0.15, 0.2) is 35.5 Å². The Morgan fingerprint density at radius 1 is 1.29 bits per heavy atom. The summed E-state index contributed by atoms with van der Waals surface area (Å²) in [6.45, 7) is 0.765. The molecular formula is C14H17N5OS. The molecule has 0 spiro atoms. The summed E-state index contributed by atoms with van der Waals surface area (Å²) in [7, 11) is 1.81. The summed E-state index contributed by atoms with van der Waals surface area (Å²) in [4.78, 5) is 14.5. The van der Waals surface area contributed by atoms with Crippen molar-refractivity contribution in [2.24, 2.45) is 7.05 Å². The zero-order valence-electron chi connectivity index (χ0n) is 11.8. The van der Waals surface area contributed by atoms with Gasteiger partial charge in [0, 0.05) is 19.3 Å². The van der Waals surface area contributed by atoms with Crippen LogP contribution in [0.5, 0.6) is 0 Å². The van der Waals surface area contributed by atoms with E-state index in [1.165, 1.54) is 11.8 Å². The maximum Gasteiger partial charge on any atom is 0.240 e. The maximum atomic E-state index is 12.7. The lowest BCUT2D eigenvalue weighted by Crippen LogP contribution is -2.43. The lowest BCUT2D eigenvalue weighted by atomic mass is 10.1. The minimum Gasteiger partial charge on any atom is -0.368 e. The fourth-order valence-corrected chi connectivity index (χ4v) is 3.48. The van der Waals surface area contributed by atoms with Crippen molar-refractivity contribution in [3.63, 3.8) is 0 Å². The Balaban J connectivity index is 1.78. The lowest BCUT2D eigenvalue weighted by molar-refractivity contribution is -0.119. The quantitative estimate of drug-likeness (QED) is 0.933. The van der Waals surface area contributed by atoms with Crippen LogP contribution >= 0.6 is 11.8 Å². The van der Waals surface area contributed by atoms with Gasteiger partial charge >= 0.3 is 0 Å². The van der Waals surface area contributed by atoms with Gasteiger partial charge in [-0.3, -0.25) is 9.36 Å². The van der Waals surface area contributed by atoms with E-state index in [1.54, 1.807) is 11.6 Å². The molecule has 1 fully saturated rings. The van der Waals surface area contributed by atoms with E-state index in [9.17, 15) is 4.79 Å². The van der Waals surface area contributed by atoms with E-state index in [2.05, 4.69) is 10.2 Å². The number of amides is 1. The standard InChI is InChI=1S/C14H17N5OS/c1-18-13(15)16-17-14(18)21-11-8-5-9-19(12(11)20)10-6-3-2-4-7-10/h2-4,6-7,11H,5,8-9H2,1H3,(H2,15,16). The average Bonchev–Trinajstić information content (AvgIpc) is 2.82. The average molecular weight is 303 g/mol. The molecule has 1 aliphatic rings. The number of hydrogen-bond donors (Lipinski definition) is 1. The number of thioether (sulfide) groups is 1. The van der Waals surface area contributed by atoms with Crippen LogP contribution < -0.4 is 10.6 Å². The first-order valence-electron chi connectivity index (χ1n) is 6.85. The fraction of sp³-hybridized carbons (Fsp3) is 0.357. The summed E-state index contributed by atoms with van der Waals surface area (Å²) in [6.07, 6.45) is 1.82. The molecule has 1 aliphatic heterocycles. The molecule has 1 aromatic heterocycles. The van der Waals surface area contributed by atoms with Crippen molar-refractivity contribution >= 4 is 29.3 Å². The van der Waals surface area contributed by atoms with E-state index in [0.29, 0.717) is 11.1 Å². The van der Waals surface area contributed by atoms with E-state index in [-0.39, 0.29) is 11.2 Å². The van der Waals surface area contributed by atoms with Gasteiger partial charge in [-0.2, -0.15) is 0 Å². The van der Waals surface area contributed by atoms with E-state index in [0.717, 1.165) is 25.1 Å². The smallest absolute Gasteiger partial charge is 0.240 e. The molecule has 2 N–H and O–H groups in total. The van der Waals surface area contributed by atoms with E-state index in [4.69, 9.17) is 5.73 Å². The molecule has 0 aliphatic carbocycles. The largest absolute Gasteiger partial charge is 0.368 e. The van der Waals surface area contributed by atoms with Crippen molar-refractivity contribution in [3.05, 3.63) is 30.3 Å². The minimum atomic E-state index is -0.138. The summed E-state index contributed by atoms with van der Waals surface area (Å²) in [5.41, 5.74) is 6.63. The second-order valence-electron chi connectivity index (χ2n) is 4.97. The Labute approximate surface area is 127 Å². The van der Waals surface area contributed by atoms with Gasteiger partial charge in [-0.1, -0.05) is 30.0 Å². The number of nitrogen functional groups attached to an aromatic ring is 1. The third kappa shape index (κ3) is 2.73. The van der Waals surface area contributed by atoms with Gasteiger partial charge < -0.3 is 10.6 Å². The molecule has 7 heteroatoms. The highest BCUT2D eigenvalue weighted by Crippen LogP contribution is 2.31. The van der Waals surface area contributed by atoms with Crippen molar-refractivity contribution in [2.75, 3.05) is 17.2 Å². The second-order valence-corrected chi connectivity index (χ2v) is 6.14. The molecule has 1 saturated heterocycles. The highest BCUT2D eigenvalue weighted by atomic mass is 32.2. The molecule has 2 aromatic rings. The van der Waals surface area contributed by atoms with Crippen LogP contribution in [0.1, 0.15) is 12.8 Å². The second kappa shape index (κ2) is 5.77. The molecule has 110 valence electrons. The third-order valence-corrected chi connectivity index (χ3v) is 4.86. The topological polar surface area (TPSA) is 77.0 Å². The first kappa shape index (κ1) is 13.9. The van der Waals surface area contributed by atoms with Crippen molar-refractivity contribution in [3.8, 4) is 0 Å². The molecular weight excluding hydrogens is 286 g/mol. The van der Waals surface area contributed by atoms with Crippen LogP contribution in [0.25, 0.3) is 0 Å². The third-order valence-electron chi connectivity index (χ3n) is 3.57. The van der Waals surface area contributed by atoms with Gasteiger partial charge in [0.2, 0.25) is 11.9 Å². The number of rotatable bonds is 3. The Hall–Kier alpha value is -2.02. The fourth-order valence-electron chi connectivity index (χ4n) is 2.37. The van der Waals surface area contributed by atoms with Gasteiger partial charge in [-0.15, -0.1) is 10.2 Å². The van der Waals surface area contributed by atoms with Crippen LogP contribution in [0.3, 0.4) is 0 Å². The van der Waals surface area contributed by atoms with E-state index < -0.39 is 0 Å². The van der Waals surface area contributed by atoms with Crippen LogP contribution in [-0.4, -0.2) is 32.5 Å². The number of aromatic nitrogens is 3. The number of nitrogens with two attached hydrogens (primary N) is 1. The summed E-state index contributed by atoms with van der Waals surface area (Å²) < 4.78 is 1.71. The number of para-hydroxylation sites is 1. The molecule has 0 saturated carbocycles. The van der Waals surface area contributed by atoms with E-state index in [1.807, 2.05) is 35.2 Å². The first-order valence-corrected chi connectivity index (χ1v) is 7.72. The highest BCUT2D eigenvalue weighted by molar-refractivity contribution is 8.00. The van der Waals surface area contributed by atoms with Crippen LogP contribution in [0, 0.1) is 0 Å². The van der Waals surface area contributed by atoms with Crippen LogP contribution in [0.4, 0.5) is 11.6 Å². The maximum absolute atomic E-state index is 12.7. The molecule has 0 radical (unpaired) electrons. The molecule has 21 heavy (non-hydrogen) atoms. The zero-order valence-corrected chi connectivity index (χ0v) is 12.6. The summed E-state index contributed by atoms with van der Waals surface area (Å²) in [5, 5.41) is 8.39. The number of anilines is 2.